The summed E-state index contributed by atoms with van der Waals surface area (Å²) >= 11 is 0. The molecular formula is C15H26N2O. The van der Waals surface area contributed by atoms with Crippen LogP contribution in [0.1, 0.15) is 54.7 Å². The number of aryl methyl sites for hydroxylation is 3. The Labute approximate surface area is 111 Å². The summed E-state index contributed by atoms with van der Waals surface area (Å²) in [5, 5.41) is 12.3. The van der Waals surface area contributed by atoms with Gasteiger partial charge in [0.15, 0.2) is 0 Å². The second-order valence-corrected chi connectivity index (χ2v) is 5.04. The molecule has 18 heavy (non-hydrogen) atoms. The normalized spacial score (nSPS) is 12.7. The molecule has 0 aliphatic carbocycles. The van der Waals surface area contributed by atoms with E-state index in [1.54, 1.807) is 0 Å². The first-order chi connectivity index (χ1) is 8.56. The third kappa shape index (κ3) is 4.39. The van der Waals surface area contributed by atoms with E-state index >= 15 is 0 Å². The van der Waals surface area contributed by atoms with Gasteiger partial charge in [-0.1, -0.05) is 0 Å². The van der Waals surface area contributed by atoms with Crippen molar-refractivity contribution in [2.75, 3.05) is 13.2 Å². The fourth-order valence-corrected chi connectivity index (χ4v) is 2.52. The van der Waals surface area contributed by atoms with E-state index in [-0.39, 0.29) is 0 Å². The summed E-state index contributed by atoms with van der Waals surface area (Å²) in [7, 11) is 0. The number of aliphatic hydroxyl groups excluding tert-OH is 1. The maximum Gasteiger partial charge on any atom is 0.0431 e. The van der Waals surface area contributed by atoms with Crippen molar-refractivity contribution < 1.29 is 5.11 Å². The van der Waals surface area contributed by atoms with Gasteiger partial charge in [0.25, 0.3) is 0 Å². The topological polar surface area (TPSA) is 45.1 Å². The lowest BCUT2D eigenvalue weighted by molar-refractivity contribution is 0.282. The molecule has 0 saturated heterocycles. The van der Waals surface area contributed by atoms with Gasteiger partial charge in [-0.15, -0.1) is 0 Å². The van der Waals surface area contributed by atoms with Crippen LogP contribution < -0.4 is 5.32 Å². The maximum atomic E-state index is 8.72. The van der Waals surface area contributed by atoms with Gasteiger partial charge in [-0.25, -0.2) is 0 Å². The molecule has 1 unspecified atom stereocenters. The summed E-state index contributed by atoms with van der Waals surface area (Å²) in [6.07, 6.45) is 3.10. The largest absolute Gasteiger partial charge is 0.396 e. The third-order valence-electron chi connectivity index (χ3n) is 3.30. The van der Waals surface area contributed by atoms with Gasteiger partial charge < -0.3 is 10.4 Å². The molecule has 0 aliphatic rings. The molecule has 2 N–H and O–H groups in total. The van der Waals surface area contributed by atoms with Crippen molar-refractivity contribution in [3.8, 4) is 0 Å². The van der Waals surface area contributed by atoms with Gasteiger partial charge in [0.05, 0.1) is 0 Å². The number of hydrogen-bond donors (Lipinski definition) is 2. The first-order valence-corrected chi connectivity index (χ1v) is 6.85. The monoisotopic (exact) mass is 250 g/mol. The van der Waals surface area contributed by atoms with Crippen LogP contribution in [0.15, 0.2) is 6.07 Å². The molecule has 1 rings (SSSR count). The average molecular weight is 250 g/mol. The highest BCUT2D eigenvalue weighted by Crippen LogP contribution is 2.21. The summed E-state index contributed by atoms with van der Waals surface area (Å²) in [5.41, 5.74) is 4.85. The highest BCUT2D eigenvalue weighted by atomic mass is 16.2. The smallest absolute Gasteiger partial charge is 0.0431 e. The Hall–Kier alpha value is -0.930. The van der Waals surface area contributed by atoms with Crippen molar-refractivity contribution in [1.29, 1.82) is 0 Å². The number of nitrogens with one attached hydrogen (secondary N) is 1. The molecule has 0 aliphatic heterocycles. The summed E-state index contributed by atoms with van der Waals surface area (Å²) in [5.74, 6) is 0. The minimum absolute atomic E-state index is 0.301. The molecule has 1 heterocycles. The number of pyridine rings is 1. The summed E-state index contributed by atoms with van der Waals surface area (Å²) in [4.78, 5) is 4.54. The van der Waals surface area contributed by atoms with E-state index in [0.29, 0.717) is 12.6 Å². The van der Waals surface area contributed by atoms with E-state index in [0.717, 1.165) is 37.2 Å². The molecule has 0 bridgehead atoms. The highest BCUT2D eigenvalue weighted by Gasteiger charge is 2.12. The van der Waals surface area contributed by atoms with Crippen LogP contribution in [0.2, 0.25) is 0 Å². The number of rotatable bonds is 7. The quantitative estimate of drug-likeness (QED) is 0.731. The van der Waals surface area contributed by atoms with Crippen molar-refractivity contribution in [2.45, 2.75) is 53.0 Å². The first-order valence-electron chi connectivity index (χ1n) is 6.85. The van der Waals surface area contributed by atoms with Crippen LogP contribution >= 0.6 is 0 Å². The Kier molecular flexibility index (Phi) is 6.30. The second kappa shape index (κ2) is 7.49. The van der Waals surface area contributed by atoms with E-state index in [1.165, 1.54) is 11.1 Å². The van der Waals surface area contributed by atoms with Crippen LogP contribution in [0.4, 0.5) is 0 Å². The summed E-state index contributed by atoms with van der Waals surface area (Å²) in [6, 6.07) is 2.49. The molecule has 0 saturated carbocycles. The van der Waals surface area contributed by atoms with Crippen LogP contribution in [0.25, 0.3) is 0 Å². The minimum Gasteiger partial charge on any atom is -0.396 e. The molecule has 1 atom stereocenters. The van der Waals surface area contributed by atoms with Gasteiger partial charge in [0.1, 0.15) is 0 Å². The number of aliphatic hydroxyl groups is 1. The van der Waals surface area contributed by atoms with Gasteiger partial charge in [-0.05, 0) is 70.7 Å². The Balaban J connectivity index is 2.53. The summed E-state index contributed by atoms with van der Waals surface area (Å²) in [6.45, 7) is 9.76. The van der Waals surface area contributed by atoms with E-state index in [2.05, 4.69) is 37.1 Å². The molecule has 0 fully saturated rings. The Bertz CT molecular complexity index is 354. The lowest BCUT2D eigenvalue weighted by Crippen LogP contribution is -2.22. The molecule has 1 aromatic rings. The van der Waals surface area contributed by atoms with Gasteiger partial charge in [0, 0.05) is 24.0 Å². The lowest BCUT2D eigenvalue weighted by atomic mass is 10.0. The number of unbranched alkanes of at least 4 members (excludes halogenated alkanes) is 2. The van der Waals surface area contributed by atoms with Gasteiger partial charge >= 0.3 is 0 Å². The molecule has 0 amide bonds. The first kappa shape index (κ1) is 15.1. The Morgan fingerprint density at radius 2 is 1.94 bits per heavy atom. The molecule has 0 aromatic carbocycles. The zero-order chi connectivity index (χ0) is 13.5. The van der Waals surface area contributed by atoms with Gasteiger partial charge in [-0.3, -0.25) is 4.98 Å². The SMILES string of the molecule is Cc1cc(C)c(C(C)NCCCCCO)c(C)n1. The summed E-state index contributed by atoms with van der Waals surface area (Å²) < 4.78 is 0. The van der Waals surface area contributed by atoms with Crippen molar-refractivity contribution in [2.24, 2.45) is 0 Å². The molecule has 0 spiro atoms. The second-order valence-electron chi connectivity index (χ2n) is 5.04. The number of hydrogen-bond acceptors (Lipinski definition) is 3. The fraction of sp³-hybridized carbons (Fsp3) is 0.667. The average Bonchev–Trinajstić information content (AvgIpc) is 2.27. The standard InChI is InChI=1S/C15H26N2O/c1-11-10-12(2)17-14(4)15(11)13(3)16-8-6-5-7-9-18/h10,13,16,18H,5-9H2,1-4H3. The van der Waals surface area contributed by atoms with Crippen LogP contribution in [0.3, 0.4) is 0 Å². The highest BCUT2D eigenvalue weighted by molar-refractivity contribution is 5.33. The molecule has 102 valence electrons. The maximum absolute atomic E-state index is 8.72. The van der Waals surface area contributed by atoms with Gasteiger partial charge in [-0.2, -0.15) is 0 Å². The zero-order valence-corrected chi connectivity index (χ0v) is 12.1. The van der Waals surface area contributed by atoms with Crippen molar-refractivity contribution >= 4 is 0 Å². The van der Waals surface area contributed by atoms with E-state index in [4.69, 9.17) is 5.11 Å². The minimum atomic E-state index is 0.301. The van der Waals surface area contributed by atoms with Crippen LogP contribution in [-0.4, -0.2) is 23.2 Å². The predicted octanol–water partition coefficient (Wildman–Crippen LogP) is 2.82. The van der Waals surface area contributed by atoms with Crippen molar-refractivity contribution in [3.63, 3.8) is 0 Å². The van der Waals surface area contributed by atoms with Crippen LogP contribution in [-0.2, 0) is 0 Å². The Morgan fingerprint density at radius 3 is 2.56 bits per heavy atom. The molecular weight excluding hydrogens is 224 g/mol. The lowest BCUT2D eigenvalue weighted by Gasteiger charge is -2.19. The Morgan fingerprint density at radius 1 is 1.22 bits per heavy atom. The molecule has 1 aromatic heterocycles. The molecule has 3 heteroatoms. The fourth-order valence-electron chi connectivity index (χ4n) is 2.52. The van der Waals surface area contributed by atoms with Crippen molar-refractivity contribution in [3.05, 3.63) is 28.6 Å². The van der Waals surface area contributed by atoms with E-state index < -0.39 is 0 Å². The van der Waals surface area contributed by atoms with E-state index in [9.17, 15) is 0 Å². The molecule has 0 radical (unpaired) electrons. The van der Waals surface area contributed by atoms with E-state index in [1.807, 2.05) is 6.92 Å². The van der Waals surface area contributed by atoms with Crippen molar-refractivity contribution in [1.82, 2.24) is 10.3 Å². The third-order valence-corrected chi connectivity index (χ3v) is 3.30. The number of nitrogens with zero attached hydrogens (tertiary/aromatic N) is 1. The molecule has 3 nitrogen and oxygen atoms in total. The van der Waals surface area contributed by atoms with Crippen LogP contribution in [0, 0.1) is 20.8 Å². The van der Waals surface area contributed by atoms with Gasteiger partial charge in [0.2, 0.25) is 0 Å². The zero-order valence-electron chi connectivity index (χ0n) is 12.1. The predicted molar refractivity (Wildman–Crippen MR) is 75.8 cm³/mol. The number of aromatic nitrogens is 1. The van der Waals surface area contributed by atoms with Crippen LogP contribution in [0.5, 0.6) is 0 Å².